The first-order valence-corrected chi connectivity index (χ1v) is 7.10. The van der Waals surface area contributed by atoms with Crippen molar-refractivity contribution in [3.8, 4) is 0 Å². The Morgan fingerprint density at radius 1 is 1.20 bits per heavy atom. The second-order valence-corrected chi connectivity index (χ2v) is 6.33. The molecule has 1 heterocycles. The van der Waals surface area contributed by atoms with Gasteiger partial charge in [0.25, 0.3) is 0 Å². The molecule has 1 atom stereocenters. The molecule has 4 nitrogen and oxygen atoms in total. The molecule has 0 aromatic heterocycles. The van der Waals surface area contributed by atoms with Crippen LogP contribution in [0.15, 0.2) is 30.3 Å². The topological polar surface area (TPSA) is 32.8 Å². The third-order valence-corrected chi connectivity index (χ3v) is 3.48. The molecular formula is C16H24N2O2. The summed E-state index contributed by atoms with van der Waals surface area (Å²) >= 11 is 0. The van der Waals surface area contributed by atoms with Crippen LogP contribution in [0.2, 0.25) is 0 Å². The highest BCUT2D eigenvalue weighted by Crippen LogP contribution is 2.24. The maximum atomic E-state index is 12.2. The Balaban J connectivity index is 2.07. The van der Waals surface area contributed by atoms with E-state index in [4.69, 9.17) is 4.74 Å². The van der Waals surface area contributed by atoms with Crippen molar-refractivity contribution < 1.29 is 9.53 Å². The molecule has 0 bridgehead atoms. The molecule has 110 valence electrons. The van der Waals surface area contributed by atoms with E-state index >= 15 is 0 Å². The van der Waals surface area contributed by atoms with Crippen LogP contribution in [0.25, 0.3) is 0 Å². The highest BCUT2D eigenvalue weighted by atomic mass is 16.6. The maximum Gasteiger partial charge on any atom is 0.410 e. The van der Waals surface area contributed by atoms with E-state index in [0.717, 1.165) is 13.1 Å². The minimum Gasteiger partial charge on any atom is -0.444 e. The fourth-order valence-corrected chi connectivity index (χ4v) is 2.40. The molecule has 20 heavy (non-hydrogen) atoms. The number of likely N-dealkylation sites (N-methyl/N-ethyl adjacent to an activating group) is 1. The number of hydrogen-bond acceptors (Lipinski definition) is 3. The molecule has 1 aliphatic rings. The van der Waals surface area contributed by atoms with Gasteiger partial charge in [0.1, 0.15) is 5.60 Å². The van der Waals surface area contributed by atoms with Crippen molar-refractivity contribution >= 4 is 6.09 Å². The number of piperazine rings is 1. The fourth-order valence-electron chi connectivity index (χ4n) is 2.40. The smallest absolute Gasteiger partial charge is 0.410 e. The van der Waals surface area contributed by atoms with Gasteiger partial charge in [-0.25, -0.2) is 4.79 Å². The number of nitrogens with zero attached hydrogens (tertiary/aromatic N) is 2. The zero-order valence-electron chi connectivity index (χ0n) is 12.8. The number of carbonyl (C=O) groups is 1. The van der Waals surface area contributed by atoms with E-state index in [1.54, 1.807) is 0 Å². The third kappa shape index (κ3) is 3.73. The van der Waals surface area contributed by atoms with Gasteiger partial charge >= 0.3 is 6.09 Å². The molecule has 0 radical (unpaired) electrons. The molecular weight excluding hydrogens is 252 g/mol. The Morgan fingerprint density at radius 3 is 2.45 bits per heavy atom. The van der Waals surface area contributed by atoms with Crippen LogP contribution in [0.1, 0.15) is 32.4 Å². The van der Waals surface area contributed by atoms with E-state index in [2.05, 4.69) is 24.1 Å². The van der Waals surface area contributed by atoms with Crippen molar-refractivity contribution in [3.05, 3.63) is 35.9 Å². The lowest BCUT2D eigenvalue weighted by Gasteiger charge is -2.40. The van der Waals surface area contributed by atoms with E-state index in [9.17, 15) is 4.79 Å². The van der Waals surface area contributed by atoms with E-state index in [0.29, 0.717) is 6.54 Å². The van der Waals surface area contributed by atoms with Crippen molar-refractivity contribution in [2.45, 2.75) is 32.4 Å². The molecule has 1 aromatic rings. The SMILES string of the molecule is CN1CCN(C(=O)OC(C)(C)C)C[C@H]1c1ccccc1. The van der Waals surface area contributed by atoms with Gasteiger partial charge in [0.2, 0.25) is 0 Å². The Morgan fingerprint density at radius 2 is 1.85 bits per heavy atom. The van der Waals surface area contributed by atoms with Gasteiger partial charge < -0.3 is 9.64 Å². The molecule has 1 aliphatic heterocycles. The number of rotatable bonds is 1. The predicted octanol–water partition coefficient (Wildman–Crippen LogP) is 2.91. The predicted molar refractivity (Wildman–Crippen MR) is 79.6 cm³/mol. The summed E-state index contributed by atoms with van der Waals surface area (Å²) in [6.45, 7) is 7.95. The number of ether oxygens (including phenoxy) is 1. The summed E-state index contributed by atoms with van der Waals surface area (Å²) in [5.41, 5.74) is 0.797. The van der Waals surface area contributed by atoms with Crippen LogP contribution in [-0.2, 0) is 4.74 Å². The number of benzene rings is 1. The summed E-state index contributed by atoms with van der Waals surface area (Å²) in [5, 5.41) is 0. The normalized spacial score (nSPS) is 20.8. The van der Waals surface area contributed by atoms with Crippen molar-refractivity contribution in [3.63, 3.8) is 0 Å². The minimum absolute atomic E-state index is 0.216. The Kier molecular flexibility index (Phi) is 4.33. The molecule has 0 unspecified atom stereocenters. The average molecular weight is 276 g/mol. The largest absolute Gasteiger partial charge is 0.444 e. The van der Waals surface area contributed by atoms with Crippen LogP contribution in [0, 0.1) is 0 Å². The van der Waals surface area contributed by atoms with Gasteiger partial charge in [-0.3, -0.25) is 4.90 Å². The first-order chi connectivity index (χ1) is 9.37. The fraction of sp³-hybridized carbons (Fsp3) is 0.562. The van der Waals surface area contributed by atoms with Gasteiger partial charge in [0.15, 0.2) is 0 Å². The zero-order chi connectivity index (χ0) is 14.8. The van der Waals surface area contributed by atoms with Gasteiger partial charge in [-0.1, -0.05) is 30.3 Å². The molecule has 0 saturated carbocycles. The van der Waals surface area contributed by atoms with Crippen LogP contribution in [0.3, 0.4) is 0 Å². The van der Waals surface area contributed by atoms with Gasteiger partial charge in [-0.2, -0.15) is 0 Å². The van der Waals surface area contributed by atoms with Crippen LogP contribution in [0.4, 0.5) is 4.79 Å². The standard InChI is InChI=1S/C16H24N2O2/c1-16(2,3)20-15(19)18-11-10-17(4)14(12-18)13-8-6-5-7-9-13/h5-9,14H,10-12H2,1-4H3/t14-/m0/s1. The van der Waals surface area contributed by atoms with Crippen LogP contribution >= 0.6 is 0 Å². The number of carbonyl (C=O) groups excluding carboxylic acids is 1. The summed E-state index contributed by atoms with van der Waals surface area (Å²) in [5.74, 6) is 0. The second kappa shape index (κ2) is 5.83. The van der Waals surface area contributed by atoms with Crippen molar-refractivity contribution in [2.75, 3.05) is 26.7 Å². The molecule has 1 aromatic carbocycles. The van der Waals surface area contributed by atoms with E-state index in [-0.39, 0.29) is 12.1 Å². The Labute approximate surface area is 121 Å². The van der Waals surface area contributed by atoms with Crippen LogP contribution < -0.4 is 0 Å². The van der Waals surface area contributed by atoms with Crippen molar-refractivity contribution in [1.29, 1.82) is 0 Å². The van der Waals surface area contributed by atoms with Gasteiger partial charge in [0, 0.05) is 19.6 Å². The molecule has 2 rings (SSSR count). The molecule has 0 spiro atoms. The average Bonchev–Trinajstić information content (AvgIpc) is 2.38. The quantitative estimate of drug-likeness (QED) is 0.790. The van der Waals surface area contributed by atoms with Crippen LogP contribution in [0.5, 0.6) is 0 Å². The van der Waals surface area contributed by atoms with Gasteiger partial charge in [-0.15, -0.1) is 0 Å². The summed E-state index contributed by atoms with van der Waals surface area (Å²) in [7, 11) is 2.10. The van der Waals surface area contributed by atoms with E-state index in [1.165, 1.54) is 5.56 Å². The molecule has 0 aliphatic carbocycles. The third-order valence-electron chi connectivity index (χ3n) is 3.48. The minimum atomic E-state index is -0.442. The zero-order valence-corrected chi connectivity index (χ0v) is 12.8. The summed E-state index contributed by atoms with van der Waals surface area (Å²) in [4.78, 5) is 16.3. The van der Waals surface area contributed by atoms with Gasteiger partial charge in [0.05, 0.1) is 6.04 Å². The molecule has 4 heteroatoms. The molecule has 1 fully saturated rings. The lowest BCUT2D eigenvalue weighted by Crippen LogP contribution is -2.50. The van der Waals surface area contributed by atoms with E-state index in [1.807, 2.05) is 43.9 Å². The maximum absolute atomic E-state index is 12.2. The summed E-state index contributed by atoms with van der Waals surface area (Å²) in [6.07, 6.45) is -0.216. The van der Waals surface area contributed by atoms with E-state index < -0.39 is 5.60 Å². The second-order valence-electron chi connectivity index (χ2n) is 6.33. The molecule has 1 saturated heterocycles. The van der Waals surface area contributed by atoms with Crippen molar-refractivity contribution in [1.82, 2.24) is 9.80 Å². The Bertz CT molecular complexity index is 453. The number of amides is 1. The van der Waals surface area contributed by atoms with Gasteiger partial charge in [-0.05, 0) is 33.4 Å². The number of hydrogen-bond donors (Lipinski definition) is 0. The summed E-state index contributed by atoms with van der Waals surface area (Å²) < 4.78 is 5.47. The Hall–Kier alpha value is -1.55. The highest BCUT2D eigenvalue weighted by molar-refractivity contribution is 5.68. The highest BCUT2D eigenvalue weighted by Gasteiger charge is 2.30. The lowest BCUT2D eigenvalue weighted by molar-refractivity contribution is 0.00739. The first-order valence-electron chi connectivity index (χ1n) is 7.10. The first kappa shape index (κ1) is 14.9. The summed E-state index contributed by atoms with van der Waals surface area (Å²) in [6, 6.07) is 10.5. The van der Waals surface area contributed by atoms with Crippen molar-refractivity contribution in [2.24, 2.45) is 0 Å². The molecule has 0 N–H and O–H groups in total. The molecule has 1 amide bonds. The van der Waals surface area contributed by atoms with Crippen LogP contribution in [-0.4, -0.2) is 48.2 Å². The monoisotopic (exact) mass is 276 g/mol. The lowest BCUT2D eigenvalue weighted by atomic mass is 10.0.